The number of hydrogen-bond acceptors (Lipinski definition) is 10. The van der Waals surface area contributed by atoms with Gasteiger partial charge in [0.25, 0.3) is 0 Å². The fraction of sp³-hybridized carbons (Fsp3) is 0.302. The highest BCUT2D eigenvalue weighted by atomic mass is 16.6. The molecule has 0 bridgehead atoms. The summed E-state index contributed by atoms with van der Waals surface area (Å²) in [6.45, 7) is 5.13. The van der Waals surface area contributed by atoms with E-state index in [2.05, 4.69) is 40.9 Å². The van der Waals surface area contributed by atoms with E-state index in [-0.39, 0.29) is 19.3 Å². The second-order valence-corrected chi connectivity index (χ2v) is 14.8. The van der Waals surface area contributed by atoms with Crippen molar-refractivity contribution in [3.63, 3.8) is 0 Å². The smallest absolute Gasteiger partial charge is 0.408 e. The van der Waals surface area contributed by atoms with Gasteiger partial charge in [-0.2, -0.15) is 0 Å². The third-order valence-electron chi connectivity index (χ3n) is 9.37. The van der Waals surface area contributed by atoms with Crippen molar-refractivity contribution < 1.29 is 38.1 Å². The Morgan fingerprint density at radius 2 is 1.17 bits per heavy atom. The molecule has 6 aromatic rings. The lowest BCUT2D eigenvalue weighted by atomic mass is 10.0. The van der Waals surface area contributed by atoms with E-state index in [1.807, 2.05) is 48.5 Å². The Balaban J connectivity index is 1.26. The van der Waals surface area contributed by atoms with Crippen LogP contribution in [-0.2, 0) is 43.1 Å². The maximum Gasteiger partial charge on any atom is 0.408 e. The zero-order valence-corrected chi connectivity index (χ0v) is 33.7. The van der Waals surface area contributed by atoms with Crippen molar-refractivity contribution in [2.24, 2.45) is 0 Å². The summed E-state index contributed by atoms with van der Waals surface area (Å²) in [5, 5.41) is 9.17. The highest BCUT2D eigenvalue weighted by molar-refractivity contribution is 5.94. The molecular weight excluding hydrogens is 757 g/mol. The molecule has 6 rings (SSSR count). The molecule has 16 heteroatoms. The molecule has 0 saturated carbocycles. The summed E-state index contributed by atoms with van der Waals surface area (Å²) in [7, 11) is 4.39. The number of methoxy groups -OCH3 is 3. The van der Waals surface area contributed by atoms with Crippen LogP contribution in [0.25, 0.3) is 33.7 Å². The second kappa shape index (κ2) is 18.4. The van der Waals surface area contributed by atoms with Crippen LogP contribution in [0, 0.1) is 0 Å². The van der Waals surface area contributed by atoms with Crippen LogP contribution in [0.4, 0.5) is 4.79 Å². The predicted molar refractivity (Wildman–Crippen MR) is 220 cm³/mol. The fourth-order valence-electron chi connectivity index (χ4n) is 6.43. The van der Waals surface area contributed by atoms with E-state index < -0.39 is 47.6 Å². The molecule has 3 aromatic carbocycles. The Morgan fingerprint density at radius 3 is 1.69 bits per heavy atom. The molecule has 3 atom stereocenters. The Kier molecular flexibility index (Phi) is 13.0. The van der Waals surface area contributed by atoms with Crippen molar-refractivity contribution in [3.8, 4) is 34.3 Å². The minimum absolute atomic E-state index is 0.00843. The first kappa shape index (κ1) is 41.5. The van der Waals surface area contributed by atoms with Gasteiger partial charge in [0.1, 0.15) is 46.9 Å². The number of alkyl carbamates (subject to hydrolysis) is 1. The number of nitrogens with one attached hydrogen (secondary N) is 6. The van der Waals surface area contributed by atoms with Crippen LogP contribution >= 0.6 is 0 Å². The number of carbonyl (C=O) groups excluding carboxylic acids is 4. The molecule has 6 N–H and O–H groups in total. The van der Waals surface area contributed by atoms with E-state index >= 15 is 0 Å². The van der Waals surface area contributed by atoms with Gasteiger partial charge in [0.15, 0.2) is 0 Å². The number of esters is 1. The van der Waals surface area contributed by atoms with Gasteiger partial charge in [-0.3, -0.25) is 9.59 Å². The van der Waals surface area contributed by atoms with Gasteiger partial charge < -0.3 is 49.8 Å². The van der Waals surface area contributed by atoms with Crippen LogP contribution in [0.2, 0.25) is 0 Å². The van der Waals surface area contributed by atoms with E-state index in [9.17, 15) is 19.2 Å². The number of imidazole rings is 2. The van der Waals surface area contributed by atoms with Crippen molar-refractivity contribution in [2.75, 3.05) is 21.3 Å². The number of aromatic amines is 3. The number of benzene rings is 3. The van der Waals surface area contributed by atoms with Gasteiger partial charge in [0.2, 0.25) is 11.8 Å². The molecule has 0 fully saturated rings. The molecule has 308 valence electrons. The number of para-hydroxylation sites is 1. The quantitative estimate of drug-likeness (QED) is 0.0718. The van der Waals surface area contributed by atoms with Gasteiger partial charge in [-0.1, -0.05) is 18.2 Å². The lowest BCUT2D eigenvalue weighted by molar-refractivity contribution is -0.145. The number of H-pyrrole nitrogens is 3. The summed E-state index contributed by atoms with van der Waals surface area (Å²) in [4.78, 5) is 73.5. The standard InChI is InChI=1S/C43H48N8O8/c1-43(2,3)59-42(55)51-35(20-28-23-45-37(47-28)25-11-15-30(56-4)16-12-25)40(53)49-34(19-27-22-44-33-10-8-7-9-32(27)33)39(52)50-36(41(54)58-6)21-29-24-46-38(48-29)26-13-17-31(57-5)18-14-26/h7-18,22-24,34-36,44H,19-21H2,1-6H3,(H,45,47)(H,46,48)(H,49,53)(H,50,52)(H,51,55)/t34-,35-,36-/m0/s1. The molecular formula is C43H48N8O8. The Hall–Kier alpha value is -7.10. The molecule has 0 unspecified atom stereocenters. The molecule has 0 spiro atoms. The van der Waals surface area contributed by atoms with Gasteiger partial charge in [0.05, 0.1) is 21.3 Å². The number of ether oxygens (including phenoxy) is 4. The van der Waals surface area contributed by atoms with E-state index in [1.54, 1.807) is 77.8 Å². The SMILES string of the molecule is COC(=O)[C@H](Cc1cnc(-c2ccc(OC)cc2)[nH]1)NC(=O)[C@H](Cc1c[nH]c2ccccc12)NC(=O)[C@H](Cc1cnc(-c2ccc(OC)cc2)[nH]1)NC(=O)OC(C)(C)C. The van der Waals surface area contributed by atoms with Gasteiger partial charge in [-0.15, -0.1) is 0 Å². The van der Waals surface area contributed by atoms with E-state index in [4.69, 9.17) is 18.9 Å². The first-order chi connectivity index (χ1) is 28.3. The van der Waals surface area contributed by atoms with Gasteiger partial charge in [-0.05, 0) is 80.9 Å². The zero-order chi connectivity index (χ0) is 42.1. The normalized spacial score (nSPS) is 12.8. The van der Waals surface area contributed by atoms with Crippen LogP contribution in [-0.4, -0.2) is 93.9 Å². The summed E-state index contributed by atoms with van der Waals surface area (Å²) in [5.41, 5.74) is 3.37. The van der Waals surface area contributed by atoms with Crippen molar-refractivity contribution in [3.05, 3.63) is 108 Å². The molecule has 0 saturated heterocycles. The highest BCUT2D eigenvalue weighted by Crippen LogP contribution is 2.23. The number of amides is 3. The molecule has 0 radical (unpaired) electrons. The fourth-order valence-corrected chi connectivity index (χ4v) is 6.43. The van der Waals surface area contributed by atoms with E-state index in [0.29, 0.717) is 34.5 Å². The summed E-state index contributed by atoms with van der Waals surface area (Å²) in [5.74, 6) is 0.431. The molecule has 16 nitrogen and oxygen atoms in total. The van der Waals surface area contributed by atoms with Crippen LogP contribution in [0.15, 0.2) is 91.4 Å². The first-order valence-corrected chi connectivity index (χ1v) is 18.9. The molecule has 59 heavy (non-hydrogen) atoms. The lowest BCUT2D eigenvalue weighted by Gasteiger charge is -2.26. The number of hydrogen-bond donors (Lipinski definition) is 6. The minimum Gasteiger partial charge on any atom is -0.497 e. The zero-order valence-electron chi connectivity index (χ0n) is 33.7. The molecule has 0 aliphatic heterocycles. The maximum absolute atomic E-state index is 14.3. The van der Waals surface area contributed by atoms with Crippen LogP contribution in [0.1, 0.15) is 37.7 Å². The number of fused-ring (bicyclic) bond motifs is 1. The number of aromatic nitrogens is 5. The number of carbonyl (C=O) groups is 4. The van der Waals surface area contributed by atoms with E-state index in [0.717, 1.165) is 27.6 Å². The lowest BCUT2D eigenvalue weighted by Crippen LogP contribution is -2.57. The second-order valence-electron chi connectivity index (χ2n) is 14.8. The van der Waals surface area contributed by atoms with Gasteiger partial charge in [0, 0.05) is 71.3 Å². The summed E-state index contributed by atoms with van der Waals surface area (Å²) >= 11 is 0. The molecule has 0 aliphatic carbocycles. The number of rotatable bonds is 16. The highest BCUT2D eigenvalue weighted by Gasteiger charge is 2.32. The van der Waals surface area contributed by atoms with Crippen LogP contribution in [0.3, 0.4) is 0 Å². The Labute approximate surface area is 340 Å². The topological polar surface area (TPSA) is 214 Å². The maximum atomic E-state index is 14.3. The van der Waals surface area contributed by atoms with E-state index in [1.165, 1.54) is 7.11 Å². The average molecular weight is 805 g/mol. The third-order valence-corrected chi connectivity index (χ3v) is 9.37. The average Bonchev–Trinajstić information content (AvgIpc) is 4.00. The van der Waals surface area contributed by atoms with Crippen molar-refractivity contribution in [1.82, 2.24) is 40.9 Å². The minimum atomic E-state index is -1.22. The van der Waals surface area contributed by atoms with Crippen molar-refractivity contribution in [1.29, 1.82) is 0 Å². The van der Waals surface area contributed by atoms with Crippen LogP contribution in [0.5, 0.6) is 11.5 Å². The molecule has 3 aromatic heterocycles. The molecule has 3 amide bonds. The largest absolute Gasteiger partial charge is 0.497 e. The Morgan fingerprint density at radius 1 is 0.661 bits per heavy atom. The van der Waals surface area contributed by atoms with Gasteiger partial charge >= 0.3 is 12.1 Å². The van der Waals surface area contributed by atoms with Gasteiger partial charge in [-0.25, -0.2) is 19.6 Å². The summed E-state index contributed by atoms with van der Waals surface area (Å²) in [6, 6.07) is 18.5. The summed E-state index contributed by atoms with van der Waals surface area (Å²) in [6.07, 6.45) is 4.10. The summed E-state index contributed by atoms with van der Waals surface area (Å²) < 4.78 is 21.1. The first-order valence-electron chi connectivity index (χ1n) is 18.9. The third kappa shape index (κ3) is 10.9. The molecule has 3 heterocycles. The van der Waals surface area contributed by atoms with Crippen molar-refractivity contribution in [2.45, 2.75) is 63.8 Å². The molecule has 0 aliphatic rings. The number of nitrogens with zero attached hydrogens (tertiary/aromatic N) is 2. The Bertz CT molecular complexity index is 2380. The predicted octanol–water partition coefficient (Wildman–Crippen LogP) is 5.03. The monoisotopic (exact) mass is 804 g/mol. The van der Waals surface area contributed by atoms with Crippen LogP contribution < -0.4 is 25.4 Å². The van der Waals surface area contributed by atoms with Crippen molar-refractivity contribution >= 4 is 34.8 Å².